The first kappa shape index (κ1) is 18.7. The number of hydrogen-bond donors (Lipinski definition) is 0. The van der Waals surface area contributed by atoms with Crippen molar-refractivity contribution in [2.24, 2.45) is 0 Å². The molecule has 6 heteroatoms. The van der Waals surface area contributed by atoms with Gasteiger partial charge in [-0.05, 0) is 36.3 Å². The summed E-state index contributed by atoms with van der Waals surface area (Å²) in [6.45, 7) is 15.4. The highest BCUT2D eigenvalue weighted by atomic mass is 15.6. The van der Waals surface area contributed by atoms with E-state index in [2.05, 4.69) is 83.0 Å². The van der Waals surface area contributed by atoms with Gasteiger partial charge < -0.3 is 0 Å². The minimum Gasteiger partial charge on any atom is -0.297 e. The van der Waals surface area contributed by atoms with Gasteiger partial charge in [0, 0.05) is 32.7 Å². The van der Waals surface area contributed by atoms with Crippen LogP contribution < -0.4 is 0 Å². The van der Waals surface area contributed by atoms with Gasteiger partial charge in [0.1, 0.15) is 0 Å². The highest BCUT2D eigenvalue weighted by Crippen LogP contribution is 2.31. The molecular formula is C20H30N6. The molecule has 2 heterocycles. The Morgan fingerprint density at radius 1 is 1.15 bits per heavy atom. The Hall–Kier alpha value is -2.05. The molecule has 1 aliphatic heterocycles. The highest BCUT2D eigenvalue weighted by Gasteiger charge is 2.33. The fourth-order valence-corrected chi connectivity index (χ4v) is 3.49. The topological polar surface area (TPSA) is 50.1 Å². The first-order valence-corrected chi connectivity index (χ1v) is 9.48. The van der Waals surface area contributed by atoms with Crippen LogP contribution in [0.1, 0.15) is 44.6 Å². The normalized spacial score (nSPS) is 18.0. The Balaban J connectivity index is 1.94. The van der Waals surface area contributed by atoms with E-state index in [4.69, 9.17) is 0 Å². The third-order valence-electron chi connectivity index (χ3n) is 5.45. The summed E-state index contributed by atoms with van der Waals surface area (Å²) in [6.07, 6.45) is 2.95. The molecule has 1 fully saturated rings. The zero-order valence-corrected chi connectivity index (χ0v) is 16.2. The second kappa shape index (κ2) is 8.10. The number of rotatable bonds is 7. The van der Waals surface area contributed by atoms with Crippen molar-refractivity contribution in [3.05, 3.63) is 54.4 Å². The summed E-state index contributed by atoms with van der Waals surface area (Å²) in [5, 5.41) is 12.9. The zero-order chi connectivity index (χ0) is 18.6. The molecule has 0 aliphatic carbocycles. The van der Waals surface area contributed by atoms with Crippen molar-refractivity contribution in [2.45, 2.75) is 38.8 Å². The van der Waals surface area contributed by atoms with E-state index in [1.165, 1.54) is 5.56 Å². The Kier molecular flexibility index (Phi) is 5.84. The standard InChI is InChI=1S/C20H30N6/c1-5-12-24-13-15-25(16-14-24)18(17-10-8-7-9-11-17)19-21-22-23-26(19)20(3,4)6-2/h5,7-11,18H,1,6,12-16H2,2-4H3/t18-/m1/s1. The second-order valence-electron chi connectivity index (χ2n) is 7.55. The van der Waals surface area contributed by atoms with E-state index in [-0.39, 0.29) is 11.6 Å². The molecule has 0 radical (unpaired) electrons. The van der Waals surface area contributed by atoms with Gasteiger partial charge in [0.2, 0.25) is 0 Å². The van der Waals surface area contributed by atoms with Gasteiger partial charge in [-0.15, -0.1) is 11.7 Å². The van der Waals surface area contributed by atoms with Crippen LogP contribution in [0.2, 0.25) is 0 Å². The maximum Gasteiger partial charge on any atom is 0.173 e. The molecular weight excluding hydrogens is 324 g/mol. The van der Waals surface area contributed by atoms with Crippen LogP contribution in [0.3, 0.4) is 0 Å². The molecule has 0 unspecified atom stereocenters. The van der Waals surface area contributed by atoms with Crippen LogP contribution in [0.15, 0.2) is 43.0 Å². The summed E-state index contributed by atoms with van der Waals surface area (Å²) in [5.74, 6) is 0.931. The number of benzene rings is 1. The third kappa shape index (κ3) is 3.86. The lowest BCUT2D eigenvalue weighted by Crippen LogP contribution is -2.48. The molecule has 0 spiro atoms. The summed E-state index contributed by atoms with van der Waals surface area (Å²) in [6, 6.07) is 10.7. The zero-order valence-electron chi connectivity index (χ0n) is 16.2. The van der Waals surface area contributed by atoms with Crippen molar-refractivity contribution in [1.29, 1.82) is 0 Å². The summed E-state index contributed by atoms with van der Waals surface area (Å²) in [5.41, 5.74) is 1.13. The van der Waals surface area contributed by atoms with Gasteiger partial charge in [0.25, 0.3) is 0 Å². The number of aromatic nitrogens is 4. The SMILES string of the molecule is C=CCN1CCN([C@H](c2ccccc2)c2nnnn2C(C)(C)CC)CC1. The lowest BCUT2D eigenvalue weighted by molar-refractivity contribution is 0.109. The van der Waals surface area contributed by atoms with E-state index in [9.17, 15) is 0 Å². The molecule has 1 saturated heterocycles. The Morgan fingerprint density at radius 3 is 2.46 bits per heavy atom. The van der Waals surface area contributed by atoms with E-state index < -0.39 is 0 Å². The fourth-order valence-electron chi connectivity index (χ4n) is 3.49. The van der Waals surface area contributed by atoms with Gasteiger partial charge >= 0.3 is 0 Å². The van der Waals surface area contributed by atoms with Crippen molar-refractivity contribution >= 4 is 0 Å². The van der Waals surface area contributed by atoms with Gasteiger partial charge in [-0.3, -0.25) is 9.80 Å². The summed E-state index contributed by atoms with van der Waals surface area (Å²) in [4.78, 5) is 4.94. The van der Waals surface area contributed by atoms with Crippen LogP contribution in [0.4, 0.5) is 0 Å². The molecule has 1 aliphatic rings. The highest BCUT2D eigenvalue weighted by molar-refractivity contribution is 5.25. The molecule has 0 bridgehead atoms. The molecule has 0 saturated carbocycles. The molecule has 1 aromatic carbocycles. The molecule has 26 heavy (non-hydrogen) atoms. The lowest BCUT2D eigenvalue weighted by Gasteiger charge is -2.39. The summed E-state index contributed by atoms with van der Waals surface area (Å²) >= 11 is 0. The third-order valence-corrected chi connectivity index (χ3v) is 5.45. The monoisotopic (exact) mass is 354 g/mol. The van der Waals surface area contributed by atoms with E-state index >= 15 is 0 Å². The Morgan fingerprint density at radius 2 is 1.85 bits per heavy atom. The minimum atomic E-state index is -0.115. The average molecular weight is 355 g/mol. The Labute approximate surface area is 156 Å². The smallest absolute Gasteiger partial charge is 0.173 e. The van der Waals surface area contributed by atoms with Gasteiger partial charge in [0.05, 0.1) is 11.6 Å². The van der Waals surface area contributed by atoms with Crippen LogP contribution in [-0.4, -0.2) is 62.7 Å². The van der Waals surface area contributed by atoms with Crippen LogP contribution in [0, 0.1) is 0 Å². The molecule has 2 aromatic rings. The molecule has 6 nitrogen and oxygen atoms in total. The predicted octanol–water partition coefficient (Wildman–Crippen LogP) is 2.71. The van der Waals surface area contributed by atoms with E-state index in [0.717, 1.165) is 45.0 Å². The predicted molar refractivity (Wildman–Crippen MR) is 104 cm³/mol. The first-order chi connectivity index (χ1) is 12.6. The van der Waals surface area contributed by atoms with Crippen LogP contribution >= 0.6 is 0 Å². The van der Waals surface area contributed by atoms with Crippen molar-refractivity contribution in [3.8, 4) is 0 Å². The van der Waals surface area contributed by atoms with Crippen molar-refractivity contribution in [3.63, 3.8) is 0 Å². The molecule has 3 rings (SSSR count). The maximum atomic E-state index is 4.47. The molecule has 0 amide bonds. The fraction of sp³-hybridized carbons (Fsp3) is 0.550. The quantitative estimate of drug-likeness (QED) is 0.716. The van der Waals surface area contributed by atoms with Gasteiger partial charge in [-0.1, -0.05) is 43.3 Å². The van der Waals surface area contributed by atoms with Crippen molar-refractivity contribution < 1.29 is 0 Å². The molecule has 0 N–H and O–H groups in total. The number of piperazine rings is 1. The van der Waals surface area contributed by atoms with Crippen molar-refractivity contribution in [2.75, 3.05) is 32.7 Å². The number of hydrogen-bond acceptors (Lipinski definition) is 5. The molecule has 140 valence electrons. The van der Waals surface area contributed by atoms with E-state index in [1.54, 1.807) is 0 Å². The van der Waals surface area contributed by atoms with E-state index in [0.29, 0.717) is 0 Å². The van der Waals surface area contributed by atoms with Crippen molar-refractivity contribution in [1.82, 2.24) is 30.0 Å². The summed E-state index contributed by atoms with van der Waals surface area (Å²) < 4.78 is 2.01. The average Bonchev–Trinajstić information content (AvgIpc) is 3.15. The summed E-state index contributed by atoms with van der Waals surface area (Å²) in [7, 11) is 0. The van der Waals surface area contributed by atoms with E-state index in [1.807, 2.05) is 10.8 Å². The Bertz CT molecular complexity index is 700. The van der Waals surface area contributed by atoms with Gasteiger partial charge in [-0.2, -0.15) is 0 Å². The first-order valence-electron chi connectivity index (χ1n) is 9.48. The number of nitrogens with zero attached hydrogens (tertiary/aromatic N) is 6. The lowest BCUT2D eigenvalue weighted by atomic mass is 9.99. The number of tetrazole rings is 1. The van der Waals surface area contributed by atoms with Crippen LogP contribution in [0.5, 0.6) is 0 Å². The maximum absolute atomic E-state index is 4.47. The van der Waals surface area contributed by atoms with Crippen LogP contribution in [-0.2, 0) is 5.54 Å². The van der Waals surface area contributed by atoms with Gasteiger partial charge in [-0.25, -0.2) is 4.68 Å². The molecule has 1 atom stereocenters. The van der Waals surface area contributed by atoms with Gasteiger partial charge in [0.15, 0.2) is 5.82 Å². The van der Waals surface area contributed by atoms with Crippen LogP contribution in [0.25, 0.3) is 0 Å². The molecule has 1 aromatic heterocycles. The minimum absolute atomic E-state index is 0.0721. The largest absolute Gasteiger partial charge is 0.297 e. The second-order valence-corrected chi connectivity index (χ2v) is 7.55.